The Kier molecular flexibility index (Phi) is 11.2. The van der Waals surface area contributed by atoms with Gasteiger partial charge in [-0.2, -0.15) is 0 Å². The molecule has 2 aliphatic rings. The van der Waals surface area contributed by atoms with Crippen LogP contribution >= 0.6 is 48.8 Å². The Morgan fingerprint density at radius 2 is 1.81 bits per heavy atom. The third-order valence-electron chi connectivity index (χ3n) is 4.72. The summed E-state index contributed by atoms with van der Waals surface area (Å²) in [7, 11) is 0. The van der Waals surface area contributed by atoms with Crippen LogP contribution < -0.4 is 16.0 Å². The van der Waals surface area contributed by atoms with E-state index in [4.69, 9.17) is 17.3 Å². The van der Waals surface area contributed by atoms with Crippen molar-refractivity contribution < 1.29 is 4.79 Å². The molecule has 1 saturated carbocycles. The van der Waals surface area contributed by atoms with Crippen LogP contribution in [0.5, 0.6) is 0 Å². The van der Waals surface area contributed by atoms with Gasteiger partial charge in [-0.25, -0.2) is 0 Å². The summed E-state index contributed by atoms with van der Waals surface area (Å²) in [5.41, 5.74) is 6.50. The lowest BCUT2D eigenvalue weighted by Gasteiger charge is -2.36. The second-order valence-corrected chi connectivity index (χ2v) is 7.01. The van der Waals surface area contributed by atoms with Crippen LogP contribution in [-0.4, -0.2) is 55.6 Å². The van der Waals surface area contributed by atoms with Crippen LogP contribution in [0.2, 0.25) is 5.02 Å². The molecule has 3 rings (SSSR count). The molecule has 5 nitrogen and oxygen atoms in total. The fraction of sp³-hybridized carbons (Fsp3) is 0.588. The normalized spacial score (nSPS) is 18.0. The lowest BCUT2D eigenvalue weighted by atomic mass is 10.2. The number of hydrogen-bond acceptors (Lipinski definition) is 4. The molecule has 3 N–H and O–H groups in total. The van der Waals surface area contributed by atoms with Crippen LogP contribution in [0.25, 0.3) is 0 Å². The molecular formula is C17H28Cl4N4O. The van der Waals surface area contributed by atoms with Crippen LogP contribution in [0.15, 0.2) is 24.3 Å². The van der Waals surface area contributed by atoms with Gasteiger partial charge in [-0.05, 0) is 44.0 Å². The van der Waals surface area contributed by atoms with E-state index in [9.17, 15) is 4.79 Å². The molecule has 1 aromatic rings. The molecule has 1 aliphatic carbocycles. The summed E-state index contributed by atoms with van der Waals surface area (Å²) in [6.45, 7) is 5.84. The fourth-order valence-corrected chi connectivity index (χ4v) is 3.13. The van der Waals surface area contributed by atoms with Gasteiger partial charge in [-0.1, -0.05) is 17.7 Å². The standard InChI is InChI=1S/C17H25ClN4O.3ClH/c18-14-3-1-4-15(13-14)22-11-9-21(10-12-22)8-2-7-20-16(23)17(19)5-6-17;;;/h1,3-4,13H,2,5-12,19H2,(H,20,23);3*1H. The van der Waals surface area contributed by atoms with Gasteiger partial charge in [0.1, 0.15) is 0 Å². The monoisotopic (exact) mass is 444 g/mol. The van der Waals surface area contributed by atoms with Crippen molar-refractivity contribution in [2.45, 2.75) is 24.8 Å². The SMILES string of the molecule is Cl.Cl.Cl.NC1(C(=O)NCCCN2CCN(c3cccc(Cl)c3)CC2)CC1. The van der Waals surface area contributed by atoms with Gasteiger partial charge in [0.05, 0.1) is 5.54 Å². The average molecular weight is 446 g/mol. The topological polar surface area (TPSA) is 61.6 Å². The van der Waals surface area contributed by atoms with Crippen LogP contribution in [0.3, 0.4) is 0 Å². The summed E-state index contributed by atoms with van der Waals surface area (Å²) in [4.78, 5) is 16.6. The highest BCUT2D eigenvalue weighted by Crippen LogP contribution is 2.32. The van der Waals surface area contributed by atoms with E-state index in [1.165, 1.54) is 5.69 Å². The summed E-state index contributed by atoms with van der Waals surface area (Å²) in [5, 5.41) is 3.74. The number of anilines is 1. The number of nitrogens with zero attached hydrogens (tertiary/aromatic N) is 2. The zero-order valence-electron chi connectivity index (χ0n) is 14.7. The maximum Gasteiger partial charge on any atom is 0.240 e. The van der Waals surface area contributed by atoms with Gasteiger partial charge in [0, 0.05) is 43.4 Å². The fourth-order valence-electron chi connectivity index (χ4n) is 2.94. The number of nitrogens with one attached hydrogen (secondary N) is 1. The Morgan fingerprint density at radius 1 is 1.15 bits per heavy atom. The highest BCUT2D eigenvalue weighted by atomic mass is 35.5. The van der Waals surface area contributed by atoms with Crippen molar-refractivity contribution in [2.24, 2.45) is 5.73 Å². The maximum atomic E-state index is 11.7. The first-order valence-corrected chi connectivity index (χ1v) is 8.75. The molecule has 0 spiro atoms. The Morgan fingerprint density at radius 3 is 2.38 bits per heavy atom. The second-order valence-electron chi connectivity index (χ2n) is 6.57. The first-order valence-electron chi connectivity index (χ1n) is 8.37. The summed E-state index contributed by atoms with van der Waals surface area (Å²) < 4.78 is 0. The molecule has 1 amide bonds. The van der Waals surface area contributed by atoms with E-state index in [-0.39, 0.29) is 43.1 Å². The smallest absolute Gasteiger partial charge is 0.240 e. The van der Waals surface area contributed by atoms with Gasteiger partial charge < -0.3 is 16.0 Å². The summed E-state index contributed by atoms with van der Waals surface area (Å²) >= 11 is 6.06. The zero-order chi connectivity index (χ0) is 16.3. The van der Waals surface area contributed by atoms with Crippen molar-refractivity contribution in [3.05, 3.63) is 29.3 Å². The average Bonchev–Trinajstić information content (AvgIpc) is 3.31. The highest BCUT2D eigenvalue weighted by molar-refractivity contribution is 6.30. The molecule has 0 atom stereocenters. The molecule has 1 heterocycles. The highest BCUT2D eigenvalue weighted by Gasteiger charge is 2.45. The van der Waals surface area contributed by atoms with Crippen molar-refractivity contribution in [2.75, 3.05) is 44.2 Å². The number of halogens is 4. The zero-order valence-corrected chi connectivity index (χ0v) is 17.9. The third kappa shape index (κ3) is 6.95. The molecule has 0 radical (unpaired) electrons. The Labute approximate surface area is 179 Å². The number of carbonyl (C=O) groups is 1. The van der Waals surface area contributed by atoms with Crippen LogP contribution in [-0.2, 0) is 4.79 Å². The molecule has 9 heteroatoms. The third-order valence-corrected chi connectivity index (χ3v) is 4.96. The molecule has 1 aromatic carbocycles. The van der Waals surface area contributed by atoms with Gasteiger partial charge in [0.25, 0.3) is 0 Å². The lowest BCUT2D eigenvalue weighted by Crippen LogP contribution is -2.47. The molecule has 1 saturated heterocycles. The molecule has 2 fully saturated rings. The molecule has 1 aliphatic heterocycles. The van der Waals surface area contributed by atoms with Crippen LogP contribution in [0.1, 0.15) is 19.3 Å². The van der Waals surface area contributed by atoms with Crippen molar-refractivity contribution in [3.8, 4) is 0 Å². The minimum absolute atomic E-state index is 0. The molecule has 0 unspecified atom stereocenters. The molecular weight excluding hydrogens is 418 g/mol. The lowest BCUT2D eigenvalue weighted by molar-refractivity contribution is -0.123. The first kappa shape index (κ1) is 25.6. The first-order chi connectivity index (χ1) is 11.1. The Balaban J connectivity index is 0.00000208. The van der Waals surface area contributed by atoms with E-state index in [1.807, 2.05) is 18.2 Å². The summed E-state index contributed by atoms with van der Waals surface area (Å²) in [5.74, 6) is 0.0169. The van der Waals surface area contributed by atoms with Gasteiger partial charge in [0.15, 0.2) is 0 Å². The number of amides is 1. The van der Waals surface area contributed by atoms with E-state index < -0.39 is 5.54 Å². The number of rotatable bonds is 6. The quantitative estimate of drug-likeness (QED) is 0.660. The van der Waals surface area contributed by atoms with Crippen molar-refractivity contribution in [1.29, 1.82) is 0 Å². The molecule has 26 heavy (non-hydrogen) atoms. The van der Waals surface area contributed by atoms with Gasteiger partial charge >= 0.3 is 0 Å². The minimum atomic E-state index is -0.553. The molecule has 150 valence electrons. The largest absolute Gasteiger partial charge is 0.369 e. The number of benzene rings is 1. The second kappa shape index (κ2) is 11.4. The van der Waals surface area contributed by atoms with Crippen molar-refractivity contribution in [1.82, 2.24) is 10.2 Å². The Bertz CT molecular complexity index is 563. The summed E-state index contributed by atoms with van der Waals surface area (Å²) in [6.07, 6.45) is 2.62. The van der Waals surface area contributed by atoms with Gasteiger partial charge in [0.2, 0.25) is 5.91 Å². The number of piperazine rings is 1. The van der Waals surface area contributed by atoms with E-state index in [2.05, 4.69) is 21.2 Å². The maximum absolute atomic E-state index is 11.7. The van der Waals surface area contributed by atoms with Gasteiger partial charge in [-0.15, -0.1) is 37.2 Å². The molecule has 0 bridgehead atoms. The van der Waals surface area contributed by atoms with E-state index in [0.717, 1.165) is 57.0 Å². The van der Waals surface area contributed by atoms with Crippen molar-refractivity contribution >= 4 is 60.4 Å². The van der Waals surface area contributed by atoms with E-state index >= 15 is 0 Å². The Hall–Kier alpha value is -0.430. The number of hydrogen-bond donors (Lipinski definition) is 2. The minimum Gasteiger partial charge on any atom is -0.369 e. The predicted molar refractivity (Wildman–Crippen MR) is 116 cm³/mol. The van der Waals surface area contributed by atoms with Crippen molar-refractivity contribution in [3.63, 3.8) is 0 Å². The predicted octanol–water partition coefficient (Wildman–Crippen LogP) is 2.73. The molecule has 0 aromatic heterocycles. The van der Waals surface area contributed by atoms with Gasteiger partial charge in [-0.3, -0.25) is 9.69 Å². The van der Waals surface area contributed by atoms with Crippen LogP contribution in [0, 0.1) is 0 Å². The number of carbonyl (C=O) groups excluding carboxylic acids is 1. The van der Waals surface area contributed by atoms with E-state index in [1.54, 1.807) is 0 Å². The number of nitrogens with two attached hydrogens (primary N) is 1. The van der Waals surface area contributed by atoms with E-state index in [0.29, 0.717) is 6.54 Å². The summed E-state index contributed by atoms with van der Waals surface area (Å²) in [6, 6.07) is 8.03. The van der Waals surface area contributed by atoms with Crippen LogP contribution in [0.4, 0.5) is 5.69 Å².